The number of aliphatic imine (C=N–C) groups is 1. The van der Waals surface area contributed by atoms with E-state index in [1.165, 1.54) is 0 Å². The van der Waals surface area contributed by atoms with Gasteiger partial charge in [-0.05, 0) is 19.3 Å². The van der Waals surface area contributed by atoms with E-state index in [-0.39, 0.29) is 55.9 Å². The monoisotopic (exact) mass is 488 g/mol. The summed E-state index contributed by atoms with van der Waals surface area (Å²) in [5, 5.41) is 6.15. The van der Waals surface area contributed by atoms with Crippen molar-refractivity contribution in [3.63, 3.8) is 0 Å². The molecule has 0 radical (unpaired) electrons. The SMILES string of the molecule is CN=C(NCCCOC)NC1CCN(S(=O)(=O)C(F)(F)F)CC1.I. The van der Waals surface area contributed by atoms with Crippen LogP contribution in [-0.2, 0) is 14.8 Å². The molecule has 0 amide bonds. The Kier molecular flexibility index (Phi) is 10.5. The molecule has 0 spiro atoms. The van der Waals surface area contributed by atoms with E-state index in [1.807, 2.05) is 0 Å². The Labute approximate surface area is 157 Å². The highest BCUT2D eigenvalue weighted by atomic mass is 127. The average molecular weight is 488 g/mol. The van der Waals surface area contributed by atoms with Crippen molar-refractivity contribution in [2.24, 2.45) is 4.99 Å². The van der Waals surface area contributed by atoms with Crippen LogP contribution in [-0.4, -0.2) is 70.6 Å². The fraction of sp³-hybridized carbons (Fsp3) is 0.917. The Morgan fingerprint density at radius 2 is 1.92 bits per heavy atom. The van der Waals surface area contributed by atoms with Crippen molar-refractivity contribution in [1.82, 2.24) is 14.9 Å². The maximum Gasteiger partial charge on any atom is 0.511 e. The molecular formula is C12H24F3IN4O3S. The molecule has 0 unspecified atom stereocenters. The second-order valence-corrected chi connectivity index (χ2v) is 7.04. The fourth-order valence-corrected chi connectivity index (χ4v) is 3.18. The largest absolute Gasteiger partial charge is 0.511 e. The molecule has 1 rings (SSSR count). The van der Waals surface area contributed by atoms with Gasteiger partial charge >= 0.3 is 15.5 Å². The molecule has 24 heavy (non-hydrogen) atoms. The Balaban J connectivity index is 0.00000529. The first-order valence-corrected chi connectivity index (χ1v) is 8.69. The van der Waals surface area contributed by atoms with Gasteiger partial charge in [-0.1, -0.05) is 0 Å². The maximum atomic E-state index is 12.5. The molecule has 0 aromatic rings. The minimum absolute atomic E-state index is 0. The van der Waals surface area contributed by atoms with Crippen molar-refractivity contribution < 1.29 is 26.3 Å². The van der Waals surface area contributed by atoms with Crippen LogP contribution in [0, 0.1) is 0 Å². The zero-order chi connectivity index (χ0) is 17.5. The van der Waals surface area contributed by atoms with Crippen LogP contribution in [0.15, 0.2) is 4.99 Å². The van der Waals surface area contributed by atoms with E-state index >= 15 is 0 Å². The zero-order valence-corrected chi connectivity index (χ0v) is 16.7. The third kappa shape index (κ3) is 6.88. The first kappa shape index (κ1) is 23.7. The van der Waals surface area contributed by atoms with Crippen molar-refractivity contribution in [2.75, 3.05) is 40.4 Å². The van der Waals surface area contributed by atoms with Crippen molar-refractivity contribution in [1.29, 1.82) is 0 Å². The lowest BCUT2D eigenvalue weighted by Gasteiger charge is -2.32. The van der Waals surface area contributed by atoms with E-state index in [4.69, 9.17) is 4.74 Å². The molecule has 0 atom stereocenters. The Morgan fingerprint density at radius 1 is 1.33 bits per heavy atom. The lowest BCUT2D eigenvalue weighted by molar-refractivity contribution is -0.0494. The van der Waals surface area contributed by atoms with Crippen LogP contribution in [0.25, 0.3) is 0 Å². The number of hydrogen-bond donors (Lipinski definition) is 2. The molecule has 1 aliphatic heterocycles. The first-order valence-electron chi connectivity index (χ1n) is 7.25. The lowest BCUT2D eigenvalue weighted by Crippen LogP contribution is -2.51. The second kappa shape index (κ2) is 10.6. The molecule has 1 fully saturated rings. The molecule has 0 aromatic carbocycles. The molecule has 12 heteroatoms. The summed E-state index contributed by atoms with van der Waals surface area (Å²) in [7, 11) is -2.03. The summed E-state index contributed by atoms with van der Waals surface area (Å²) in [5.74, 6) is 0.540. The van der Waals surface area contributed by atoms with E-state index in [0.717, 1.165) is 6.42 Å². The number of piperidine rings is 1. The number of methoxy groups -OCH3 is 1. The number of alkyl halides is 3. The fourth-order valence-electron chi connectivity index (χ4n) is 2.20. The Hall–Kier alpha value is -0.340. The standard InChI is InChI=1S/C12H23F3N4O3S.HI/c1-16-11(17-6-3-9-22-2)18-10-4-7-19(8-5-10)23(20,21)12(13,14)15;/h10H,3-9H2,1-2H3,(H2,16,17,18);1H. The van der Waals surface area contributed by atoms with Crippen LogP contribution >= 0.6 is 24.0 Å². The number of halogens is 4. The number of ether oxygens (including phenoxy) is 1. The molecule has 1 heterocycles. The highest BCUT2D eigenvalue weighted by Gasteiger charge is 2.50. The molecule has 7 nitrogen and oxygen atoms in total. The van der Waals surface area contributed by atoms with Gasteiger partial charge in [0.1, 0.15) is 0 Å². The smallest absolute Gasteiger partial charge is 0.385 e. The van der Waals surface area contributed by atoms with Gasteiger partial charge in [0, 0.05) is 46.4 Å². The molecular weight excluding hydrogens is 464 g/mol. The van der Waals surface area contributed by atoms with Gasteiger partial charge in [0.15, 0.2) is 5.96 Å². The predicted octanol–water partition coefficient (Wildman–Crippen LogP) is 1.12. The molecule has 0 bridgehead atoms. The highest BCUT2D eigenvalue weighted by molar-refractivity contribution is 14.0. The van der Waals surface area contributed by atoms with Gasteiger partial charge in [0.25, 0.3) is 0 Å². The molecule has 0 saturated carbocycles. The number of rotatable bonds is 6. The van der Waals surface area contributed by atoms with Crippen LogP contribution in [0.4, 0.5) is 13.2 Å². The lowest BCUT2D eigenvalue weighted by atomic mass is 10.1. The summed E-state index contributed by atoms with van der Waals surface area (Å²) < 4.78 is 65.6. The summed E-state index contributed by atoms with van der Waals surface area (Å²) in [6.45, 7) is 0.923. The Morgan fingerprint density at radius 3 is 2.38 bits per heavy atom. The quantitative estimate of drug-likeness (QED) is 0.254. The molecule has 2 N–H and O–H groups in total. The normalized spacial score (nSPS) is 18.1. The predicted molar refractivity (Wildman–Crippen MR) is 96.0 cm³/mol. The minimum Gasteiger partial charge on any atom is -0.385 e. The summed E-state index contributed by atoms with van der Waals surface area (Å²) >= 11 is 0. The van der Waals surface area contributed by atoms with Crippen molar-refractivity contribution >= 4 is 40.0 Å². The van der Waals surface area contributed by atoms with Crippen molar-refractivity contribution in [3.8, 4) is 0 Å². The zero-order valence-electron chi connectivity index (χ0n) is 13.6. The van der Waals surface area contributed by atoms with Crippen molar-refractivity contribution in [3.05, 3.63) is 0 Å². The molecule has 1 aliphatic rings. The molecule has 0 aromatic heterocycles. The Bertz CT molecular complexity index is 494. The summed E-state index contributed by atoms with van der Waals surface area (Å²) in [6.07, 6.45) is 1.36. The van der Waals surface area contributed by atoms with Gasteiger partial charge in [0.2, 0.25) is 0 Å². The molecule has 144 valence electrons. The van der Waals surface area contributed by atoms with E-state index in [2.05, 4.69) is 15.6 Å². The molecule has 0 aliphatic carbocycles. The van der Waals surface area contributed by atoms with Crippen LogP contribution < -0.4 is 10.6 Å². The van der Waals surface area contributed by atoms with Crippen molar-refractivity contribution in [2.45, 2.75) is 30.8 Å². The third-order valence-corrected chi connectivity index (χ3v) is 5.10. The maximum absolute atomic E-state index is 12.5. The second-order valence-electron chi connectivity index (χ2n) is 5.11. The topological polar surface area (TPSA) is 83.0 Å². The summed E-state index contributed by atoms with van der Waals surface area (Å²) in [6, 6.07) is -0.122. The highest BCUT2D eigenvalue weighted by Crippen LogP contribution is 2.28. The van der Waals surface area contributed by atoms with Crippen LogP contribution in [0.2, 0.25) is 0 Å². The first-order chi connectivity index (χ1) is 10.7. The van der Waals surface area contributed by atoms with Crippen LogP contribution in [0.1, 0.15) is 19.3 Å². The molecule has 1 saturated heterocycles. The number of hydrogen-bond acceptors (Lipinski definition) is 4. The van der Waals surface area contributed by atoms with Gasteiger partial charge < -0.3 is 15.4 Å². The van der Waals surface area contributed by atoms with Crippen LogP contribution in [0.3, 0.4) is 0 Å². The summed E-state index contributed by atoms with van der Waals surface area (Å²) in [5.41, 5.74) is -5.24. The van der Waals surface area contributed by atoms with Crippen LogP contribution in [0.5, 0.6) is 0 Å². The van der Waals surface area contributed by atoms with E-state index in [1.54, 1.807) is 14.2 Å². The average Bonchev–Trinajstić information content (AvgIpc) is 2.49. The van der Waals surface area contributed by atoms with Gasteiger partial charge in [0.05, 0.1) is 0 Å². The van der Waals surface area contributed by atoms with Gasteiger partial charge in [-0.2, -0.15) is 17.5 Å². The van der Waals surface area contributed by atoms with E-state index in [9.17, 15) is 21.6 Å². The number of nitrogens with zero attached hydrogens (tertiary/aromatic N) is 2. The van der Waals surface area contributed by atoms with Gasteiger partial charge in [-0.25, -0.2) is 8.42 Å². The van der Waals surface area contributed by atoms with Gasteiger partial charge in [-0.3, -0.25) is 4.99 Å². The number of nitrogens with one attached hydrogen (secondary N) is 2. The minimum atomic E-state index is -5.24. The number of guanidine groups is 1. The van der Waals surface area contributed by atoms with E-state index < -0.39 is 15.5 Å². The third-order valence-electron chi connectivity index (χ3n) is 3.47. The summed E-state index contributed by atoms with van der Waals surface area (Å²) in [4.78, 5) is 4.03. The van der Waals surface area contributed by atoms with Gasteiger partial charge in [-0.15, -0.1) is 24.0 Å². The van der Waals surface area contributed by atoms with E-state index in [0.29, 0.717) is 23.4 Å². The number of sulfonamides is 1.